The van der Waals surface area contributed by atoms with Crippen molar-refractivity contribution in [3.63, 3.8) is 0 Å². The minimum atomic E-state index is -0.196. The maximum absolute atomic E-state index is 12.3. The topological polar surface area (TPSA) is 26.3 Å². The number of benzene rings is 1. The first-order valence-electron chi connectivity index (χ1n) is 6.46. The number of ketones is 1. The van der Waals surface area contributed by atoms with Crippen LogP contribution in [0, 0.1) is 0 Å². The number of ether oxygens (including phenoxy) is 1. The molecule has 0 saturated heterocycles. The van der Waals surface area contributed by atoms with Gasteiger partial charge in [-0.25, -0.2) is 0 Å². The molecule has 0 radical (unpaired) electrons. The van der Waals surface area contributed by atoms with Crippen molar-refractivity contribution in [2.45, 2.75) is 38.0 Å². The van der Waals surface area contributed by atoms with E-state index in [-0.39, 0.29) is 5.41 Å². The van der Waals surface area contributed by atoms with Gasteiger partial charge in [-0.05, 0) is 25.3 Å². The molecule has 0 amide bonds. The average molecular weight is 232 g/mol. The van der Waals surface area contributed by atoms with Gasteiger partial charge in [0, 0.05) is 13.0 Å². The molecule has 0 bridgehead atoms. The van der Waals surface area contributed by atoms with E-state index in [4.69, 9.17) is 4.74 Å². The van der Waals surface area contributed by atoms with E-state index >= 15 is 0 Å². The summed E-state index contributed by atoms with van der Waals surface area (Å²) in [4.78, 5) is 12.3. The standard InChI is InChI=1S/C15H20O2/c1-2-17-12-9-14(16)15(10-6-11-15)13-7-4-3-5-8-13/h3-5,7-8H,2,6,9-12H2,1H3. The fourth-order valence-electron chi connectivity index (χ4n) is 2.56. The Morgan fingerprint density at radius 1 is 1.29 bits per heavy atom. The van der Waals surface area contributed by atoms with Crippen LogP contribution in [0.4, 0.5) is 0 Å². The van der Waals surface area contributed by atoms with Crippen molar-refractivity contribution in [1.82, 2.24) is 0 Å². The van der Waals surface area contributed by atoms with Gasteiger partial charge >= 0.3 is 0 Å². The van der Waals surface area contributed by atoms with E-state index in [1.807, 2.05) is 25.1 Å². The van der Waals surface area contributed by atoms with Crippen molar-refractivity contribution >= 4 is 5.78 Å². The lowest BCUT2D eigenvalue weighted by molar-refractivity contribution is -0.128. The molecule has 2 heteroatoms. The molecule has 2 nitrogen and oxygen atoms in total. The Kier molecular flexibility index (Phi) is 3.95. The molecule has 0 N–H and O–H groups in total. The molecule has 0 atom stereocenters. The maximum atomic E-state index is 12.3. The third kappa shape index (κ3) is 2.42. The van der Waals surface area contributed by atoms with Crippen LogP contribution in [0.15, 0.2) is 30.3 Å². The molecule has 1 aromatic rings. The van der Waals surface area contributed by atoms with Gasteiger partial charge in [0.25, 0.3) is 0 Å². The average Bonchev–Trinajstić information content (AvgIpc) is 2.29. The molecule has 0 spiro atoms. The molecule has 0 unspecified atom stereocenters. The first kappa shape index (κ1) is 12.3. The highest BCUT2D eigenvalue weighted by molar-refractivity contribution is 5.91. The lowest BCUT2D eigenvalue weighted by Crippen LogP contribution is -2.42. The predicted octanol–water partition coefficient (Wildman–Crippen LogP) is 3.10. The van der Waals surface area contributed by atoms with Crippen LogP contribution in [0.2, 0.25) is 0 Å². The molecule has 0 aromatic heterocycles. The molecule has 1 saturated carbocycles. The zero-order valence-corrected chi connectivity index (χ0v) is 10.4. The van der Waals surface area contributed by atoms with E-state index in [0.717, 1.165) is 19.3 Å². The summed E-state index contributed by atoms with van der Waals surface area (Å²) < 4.78 is 5.28. The first-order chi connectivity index (χ1) is 8.29. The molecule has 92 valence electrons. The number of carbonyl (C=O) groups is 1. The van der Waals surface area contributed by atoms with E-state index in [1.165, 1.54) is 5.56 Å². The fourth-order valence-corrected chi connectivity index (χ4v) is 2.56. The molecular weight excluding hydrogens is 212 g/mol. The van der Waals surface area contributed by atoms with Crippen LogP contribution in [-0.2, 0) is 14.9 Å². The van der Waals surface area contributed by atoms with Crippen molar-refractivity contribution in [3.8, 4) is 0 Å². The molecule has 1 fully saturated rings. The number of carbonyl (C=O) groups excluding carboxylic acids is 1. The van der Waals surface area contributed by atoms with E-state index in [2.05, 4.69) is 12.1 Å². The lowest BCUT2D eigenvalue weighted by Gasteiger charge is -2.41. The number of Topliss-reactive ketones (excluding diaryl/α,β-unsaturated/α-hetero) is 1. The van der Waals surface area contributed by atoms with E-state index < -0.39 is 0 Å². The summed E-state index contributed by atoms with van der Waals surface area (Å²) >= 11 is 0. The summed E-state index contributed by atoms with van der Waals surface area (Å²) in [5.74, 6) is 0.350. The van der Waals surface area contributed by atoms with Crippen molar-refractivity contribution in [1.29, 1.82) is 0 Å². The van der Waals surface area contributed by atoms with Crippen molar-refractivity contribution in [3.05, 3.63) is 35.9 Å². The van der Waals surface area contributed by atoms with Crippen LogP contribution < -0.4 is 0 Å². The summed E-state index contributed by atoms with van der Waals surface area (Å²) in [6.07, 6.45) is 3.71. The van der Waals surface area contributed by atoms with Gasteiger partial charge in [0.15, 0.2) is 0 Å². The van der Waals surface area contributed by atoms with Crippen LogP contribution in [0.25, 0.3) is 0 Å². The summed E-state index contributed by atoms with van der Waals surface area (Å²) in [6, 6.07) is 10.2. The first-order valence-corrected chi connectivity index (χ1v) is 6.46. The molecule has 17 heavy (non-hydrogen) atoms. The Bertz CT molecular complexity index is 366. The van der Waals surface area contributed by atoms with Gasteiger partial charge in [-0.3, -0.25) is 4.79 Å². The minimum Gasteiger partial charge on any atom is -0.381 e. The van der Waals surface area contributed by atoms with Gasteiger partial charge < -0.3 is 4.74 Å². The van der Waals surface area contributed by atoms with Gasteiger partial charge in [0.1, 0.15) is 5.78 Å². The number of hydrogen-bond acceptors (Lipinski definition) is 2. The third-order valence-corrected chi connectivity index (χ3v) is 3.74. The second-order valence-electron chi connectivity index (χ2n) is 4.67. The van der Waals surface area contributed by atoms with Crippen LogP contribution in [0.3, 0.4) is 0 Å². The van der Waals surface area contributed by atoms with Crippen LogP contribution in [0.5, 0.6) is 0 Å². The second kappa shape index (κ2) is 5.46. The Hall–Kier alpha value is -1.15. The Labute approximate surface area is 103 Å². The summed E-state index contributed by atoms with van der Waals surface area (Å²) in [5.41, 5.74) is 0.992. The zero-order valence-electron chi connectivity index (χ0n) is 10.4. The molecule has 0 aliphatic heterocycles. The zero-order chi connectivity index (χ0) is 12.1. The maximum Gasteiger partial charge on any atom is 0.145 e. The second-order valence-corrected chi connectivity index (χ2v) is 4.67. The normalized spacial score (nSPS) is 17.5. The molecule has 0 heterocycles. The predicted molar refractivity (Wildman–Crippen MR) is 68.1 cm³/mol. The Morgan fingerprint density at radius 3 is 2.53 bits per heavy atom. The van der Waals surface area contributed by atoms with Crippen molar-refractivity contribution in [2.75, 3.05) is 13.2 Å². The van der Waals surface area contributed by atoms with Gasteiger partial charge in [-0.1, -0.05) is 36.8 Å². The Morgan fingerprint density at radius 2 is 2.00 bits per heavy atom. The van der Waals surface area contributed by atoms with Crippen LogP contribution in [-0.4, -0.2) is 19.0 Å². The Balaban J connectivity index is 2.07. The van der Waals surface area contributed by atoms with Gasteiger partial charge in [0.2, 0.25) is 0 Å². The summed E-state index contributed by atoms with van der Waals surface area (Å²) in [7, 11) is 0. The highest BCUT2D eigenvalue weighted by Gasteiger charge is 2.44. The summed E-state index contributed by atoms with van der Waals surface area (Å²) in [6.45, 7) is 3.20. The number of hydrogen-bond donors (Lipinski definition) is 0. The molecule has 1 aliphatic rings. The lowest BCUT2D eigenvalue weighted by atomic mass is 9.61. The number of rotatable bonds is 6. The fraction of sp³-hybridized carbons (Fsp3) is 0.533. The van der Waals surface area contributed by atoms with E-state index in [0.29, 0.717) is 25.4 Å². The smallest absolute Gasteiger partial charge is 0.145 e. The monoisotopic (exact) mass is 232 g/mol. The van der Waals surface area contributed by atoms with Crippen molar-refractivity contribution < 1.29 is 9.53 Å². The van der Waals surface area contributed by atoms with Crippen molar-refractivity contribution in [2.24, 2.45) is 0 Å². The minimum absolute atomic E-state index is 0.196. The molecule has 1 aromatic carbocycles. The van der Waals surface area contributed by atoms with Gasteiger partial charge in [0.05, 0.1) is 12.0 Å². The van der Waals surface area contributed by atoms with E-state index in [9.17, 15) is 4.79 Å². The van der Waals surface area contributed by atoms with Gasteiger partial charge in [-0.2, -0.15) is 0 Å². The highest BCUT2D eigenvalue weighted by atomic mass is 16.5. The highest BCUT2D eigenvalue weighted by Crippen LogP contribution is 2.45. The quantitative estimate of drug-likeness (QED) is 0.704. The molecule has 1 aliphatic carbocycles. The molecule has 2 rings (SSSR count). The third-order valence-electron chi connectivity index (χ3n) is 3.74. The largest absolute Gasteiger partial charge is 0.381 e. The van der Waals surface area contributed by atoms with E-state index in [1.54, 1.807) is 0 Å². The SMILES string of the molecule is CCOCCC(=O)C1(c2ccccc2)CCC1. The van der Waals surface area contributed by atoms with Crippen LogP contribution in [0.1, 0.15) is 38.2 Å². The molecular formula is C15H20O2. The summed E-state index contributed by atoms with van der Waals surface area (Å²) in [5, 5.41) is 0. The van der Waals surface area contributed by atoms with Gasteiger partial charge in [-0.15, -0.1) is 0 Å². The van der Waals surface area contributed by atoms with Crippen LogP contribution >= 0.6 is 0 Å².